The first-order valence-electron chi connectivity index (χ1n) is 9.34. The van der Waals surface area contributed by atoms with Gasteiger partial charge in [-0.3, -0.25) is 9.59 Å². The minimum Gasteiger partial charge on any atom is -0.503 e. The van der Waals surface area contributed by atoms with Crippen molar-refractivity contribution < 1.29 is 23.5 Å². The molecule has 3 aromatic rings. The van der Waals surface area contributed by atoms with Gasteiger partial charge in [0.25, 0.3) is 5.91 Å². The molecular formula is C24H18FNO4. The fourth-order valence-corrected chi connectivity index (χ4v) is 3.46. The lowest BCUT2D eigenvalue weighted by atomic mass is 9.95. The van der Waals surface area contributed by atoms with Gasteiger partial charge in [-0.15, -0.1) is 0 Å². The maximum absolute atomic E-state index is 13.5. The Labute approximate surface area is 172 Å². The molecule has 0 bridgehead atoms. The molecule has 4 rings (SSSR count). The van der Waals surface area contributed by atoms with Crippen molar-refractivity contribution in [2.24, 2.45) is 0 Å². The van der Waals surface area contributed by atoms with Crippen LogP contribution in [-0.4, -0.2) is 21.7 Å². The zero-order chi connectivity index (χ0) is 21.1. The SMILES string of the molecule is O=C(/C=C/c1ccccc1)C1=C(O)C(=O)N(Cc2ccco2)C1c1ccc(F)cc1. The van der Waals surface area contributed by atoms with Gasteiger partial charge in [0.15, 0.2) is 11.5 Å². The summed E-state index contributed by atoms with van der Waals surface area (Å²) in [7, 11) is 0. The quantitative estimate of drug-likeness (QED) is 0.611. The van der Waals surface area contributed by atoms with E-state index in [1.54, 1.807) is 18.2 Å². The van der Waals surface area contributed by atoms with Crippen LogP contribution in [0.4, 0.5) is 4.39 Å². The summed E-state index contributed by atoms with van der Waals surface area (Å²) in [5.74, 6) is -1.74. The highest BCUT2D eigenvalue weighted by Gasteiger charge is 2.43. The predicted octanol–water partition coefficient (Wildman–Crippen LogP) is 4.60. The molecule has 1 aliphatic heterocycles. The summed E-state index contributed by atoms with van der Waals surface area (Å²) in [5.41, 5.74) is 1.27. The van der Waals surface area contributed by atoms with Gasteiger partial charge in [0, 0.05) is 0 Å². The van der Waals surface area contributed by atoms with Crippen molar-refractivity contribution in [2.75, 3.05) is 0 Å². The first-order chi connectivity index (χ1) is 14.5. The molecule has 2 heterocycles. The van der Waals surface area contributed by atoms with Crippen LogP contribution in [0, 0.1) is 5.82 Å². The molecule has 0 saturated carbocycles. The van der Waals surface area contributed by atoms with Crippen LogP contribution >= 0.6 is 0 Å². The molecule has 1 unspecified atom stereocenters. The standard InChI is InChI=1S/C24H18FNO4/c25-18-11-9-17(10-12-18)22-21(20(27)13-8-16-5-2-1-3-6-16)23(28)24(29)26(22)15-19-7-4-14-30-19/h1-14,22,28H,15H2/b13-8+. The van der Waals surface area contributed by atoms with Gasteiger partial charge < -0.3 is 14.4 Å². The average Bonchev–Trinajstić information content (AvgIpc) is 3.36. The maximum Gasteiger partial charge on any atom is 0.290 e. The van der Waals surface area contributed by atoms with E-state index in [2.05, 4.69) is 0 Å². The Morgan fingerprint density at radius 2 is 1.80 bits per heavy atom. The van der Waals surface area contributed by atoms with E-state index in [0.29, 0.717) is 11.3 Å². The first-order valence-corrected chi connectivity index (χ1v) is 9.34. The number of allylic oxidation sites excluding steroid dienone is 1. The molecule has 30 heavy (non-hydrogen) atoms. The summed E-state index contributed by atoms with van der Waals surface area (Å²) in [5, 5.41) is 10.5. The number of amides is 1. The Morgan fingerprint density at radius 3 is 2.47 bits per heavy atom. The normalized spacial score (nSPS) is 16.6. The number of rotatable bonds is 6. The van der Waals surface area contributed by atoms with Crippen LogP contribution in [0.15, 0.2) is 94.8 Å². The van der Waals surface area contributed by atoms with E-state index in [1.165, 1.54) is 41.5 Å². The van der Waals surface area contributed by atoms with Crippen molar-refractivity contribution in [3.8, 4) is 0 Å². The molecule has 1 aromatic heterocycles. The number of ketones is 1. The smallest absolute Gasteiger partial charge is 0.290 e. The van der Waals surface area contributed by atoms with Crippen molar-refractivity contribution in [1.82, 2.24) is 4.90 Å². The number of aliphatic hydroxyl groups is 1. The highest BCUT2D eigenvalue weighted by Crippen LogP contribution is 2.39. The van der Waals surface area contributed by atoms with Gasteiger partial charge in [0.2, 0.25) is 0 Å². The van der Waals surface area contributed by atoms with Gasteiger partial charge in [-0.25, -0.2) is 4.39 Å². The minimum absolute atomic E-state index is 0.0506. The Hall–Kier alpha value is -3.93. The third kappa shape index (κ3) is 3.80. The maximum atomic E-state index is 13.5. The Morgan fingerprint density at radius 1 is 1.07 bits per heavy atom. The fraction of sp³-hybridized carbons (Fsp3) is 0.0833. The Bertz CT molecular complexity index is 1120. The number of furan rings is 1. The second-order valence-electron chi connectivity index (χ2n) is 6.84. The molecule has 0 fully saturated rings. The lowest BCUT2D eigenvalue weighted by Gasteiger charge is -2.25. The number of aliphatic hydroxyl groups excluding tert-OH is 1. The molecule has 5 nitrogen and oxygen atoms in total. The van der Waals surface area contributed by atoms with Crippen molar-refractivity contribution >= 4 is 17.8 Å². The molecular weight excluding hydrogens is 385 g/mol. The van der Waals surface area contributed by atoms with E-state index in [9.17, 15) is 19.1 Å². The monoisotopic (exact) mass is 403 g/mol. The Balaban J connectivity index is 1.72. The molecule has 0 saturated heterocycles. The third-order valence-corrected chi connectivity index (χ3v) is 4.89. The van der Waals surface area contributed by atoms with Crippen molar-refractivity contribution in [1.29, 1.82) is 0 Å². The van der Waals surface area contributed by atoms with E-state index in [0.717, 1.165) is 5.56 Å². The van der Waals surface area contributed by atoms with E-state index in [4.69, 9.17) is 4.42 Å². The molecule has 0 radical (unpaired) electrons. The van der Waals surface area contributed by atoms with Crippen LogP contribution in [0.3, 0.4) is 0 Å². The summed E-state index contributed by atoms with van der Waals surface area (Å²) < 4.78 is 18.8. The van der Waals surface area contributed by atoms with Crippen LogP contribution in [0.2, 0.25) is 0 Å². The van der Waals surface area contributed by atoms with Crippen molar-refractivity contribution in [3.63, 3.8) is 0 Å². The van der Waals surface area contributed by atoms with E-state index >= 15 is 0 Å². The topological polar surface area (TPSA) is 70.8 Å². The molecule has 0 spiro atoms. The first kappa shape index (κ1) is 19.4. The van der Waals surface area contributed by atoms with Crippen LogP contribution < -0.4 is 0 Å². The minimum atomic E-state index is -0.865. The second kappa shape index (κ2) is 8.21. The van der Waals surface area contributed by atoms with E-state index in [-0.39, 0.29) is 12.1 Å². The van der Waals surface area contributed by atoms with Gasteiger partial charge in [0.05, 0.1) is 24.4 Å². The van der Waals surface area contributed by atoms with Crippen molar-refractivity contribution in [2.45, 2.75) is 12.6 Å². The summed E-state index contributed by atoms with van der Waals surface area (Å²) >= 11 is 0. The largest absolute Gasteiger partial charge is 0.503 e. The molecule has 0 aliphatic carbocycles. The summed E-state index contributed by atoms with van der Waals surface area (Å²) in [4.78, 5) is 27.1. The highest BCUT2D eigenvalue weighted by atomic mass is 19.1. The summed E-state index contributed by atoms with van der Waals surface area (Å²) in [6.07, 6.45) is 4.41. The lowest BCUT2D eigenvalue weighted by Crippen LogP contribution is -2.30. The number of nitrogens with zero attached hydrogens (tertiary/aromatic N) is 1. The highest BCUT2D eigenvalue weighted by molar-refractivity contribution is 6.14. The predicted molar refractivity (Wildman–Crippen MR) is 109 cm³/mol. The van der Waals surface area contributed by atoms with Gasteiger partial charge in [-0.1, -0.05) is 48.5 Å². The molecule has 1 N–H and O–H groups in total. The molecule has 1 amide bonds. The van der Waals surface area contributed by atoms with E-state index in [1.807, 2.05) is 30.3 Å². The van der Waals surface area contributed by atoms with Gasteiger partial charge in [0.1, 0.15) is 11.6 Å². The number of benzene rings is 2. The zero-order valence-electron chi connectivity index (χ0n) is 15.9. The van der Waals surface area contributed by atoms with Gasteiger partial charge in [-0.05, 0) is 41.5 Å². The molecule has 2 aromatic carbocycles. The number of halogens is 1. The summed E-state index contributed by atoms with van der Waals surface area (Å²) in [6, 6.07) is 17.2. The van der Waals surface area contributed by atoms with Crippen LogP contribution in [0.5, 0.6) is 0 Å². The molecule has 1 aliphatic rings. The number of carbonyl (C=O) groups is 2. The number of hydrogen-bond donors (Lipinski definition) is 1. The zero-order valence-corrected chi connectivity index (χ0v) is 15.9. The molecule has 150 valence electrons. The Kier molecular flexibility index (Phi) is 5.30. The van der Waals surface area contributed by atoms with Gasteiger partial charge >= 0.3 is 0 Å². The lowest BCUT2D eigenvalue weighted by molar-refractivity contribution is -0.130. The second-order valence-corrected chi connectivity index (χ2v) is 6.84. The fourth-order valence-electron chi connectivity index (χ4n) is 3.46. The van der Waals surface area contributed by atoms with Crippen LogP contribution in [0.1, 0.15) is 22.9 Å². The number of carbonyl (C=O) groups excluding carboxylic acids is 2. The third-order valence-electron chi connectivity index (χ3n) is 4.89. The number of hydrogen-bond acceptors (Lipinski definition) is 4. The van der Waals surface area contributed by atoms with E-state index < -0.39 is 29.3 Å². The van der Waals surface area contributed by atoms with Crippen LogP contribution in [0.25, 0.3) is 6.08 Å². The molecule has 1 atom stereocenters. The molecule has 6 heteroatoms. The van der Waals surface area contributed by atoms with Crippen LogP contribution in [-0.2, 0) is 16.1 Å². The van der Waals surface area contributed by atoms with Crippen molar-refractivity contribution in [3.05, 3.63) is 113 Å². The summed E-state index contributed by atoms with van der Waals surface area (Å²) in [6.45, 7) is 0.0527. The van der Waals surface area contributed by atoms with Gasteiger partial charge in [-0.2, -0.15) is 0 Å². The average molecular weight is 403 g/mol.